The zero-order valence-corrected chi connectivity index (χ0v) is 10.4. The van der Waals surface area contributed by atoms with Crippen LogP contribution in [-0.2, 0) is 4.79 Å². The van der Waals surface area contributed by atoms with Gasteiger partial charge in [0.1, 0.15) is 6.07 Å². The first-order valence-corrected chi connectivity index (χ1v) is 5.18. The Kier molecular flexibility index (Phi) is 4.21. The number of benzene rings is 1. The molecule has 0 aliphatic heterocycles. The summed E-state index contributed by atoms with van der Waals surface area (Å²) < 4.78 is 27.1. The van der Waals surface area contributed by atoms with Crippen molar-refractivity contribution in [2.75, 3.05) is 32.6 Å². The number of carbonyl (C=O) groups is 1. The van der Waals surface area contributed by atoms with Crippen LogP contribution in [0.1, 0.15) is 5.56 Å². The van der Waals surface area contributed by atoms with E-state index in [1.165, 1.54) is 29.0 Å². The van der Waals surface area contributed by atoms with Gasteiger partial charge < -0.3 is 9.80 Å². The monoisotopic (exact) mass is 253 g/mol. The Morgan fingerprint density at radius 3 is 2.39 bits per heavy atom. The predicted molar refractivity (Wildman–Crippen MR) is 63.0 cm³/mol. The third-order valence-electron chi connectivity index (χ3n) is 2.46. The van der Waals surface area contributed by atoms with E-state index in [-0.39, 0.29) is 23.7 Å². The van der Waals surface area contributed by atoms with Crippen LogP contribution in [0, 0.1) is 23.0 Å². The fraction of sp³-hybridized carbons (Fsp3) is 0.333. The van der Waals surface area contributed by atoms with Gasteiger partial charge in [-0.15, -0.1) is 0 Å². The first kappa shape index (κ1) is 13.9. The summed E-state index contributed by atoms with van der Waals surface area (Å²) in [6.07, 6.45) is 0. The van der Waals surface area contributed by atoms with Gasteiger partial charge in [-0.2, -0.15) is 5.26 Å². The van der Waals surface area contributed by atoms with Crippen molar-refractivity contribution in [1.82, 2.24) is 4.90 Å². The first-order chi connectivity index (χ1) is 8.38. The Morgan fingerprint density at radius 1 is 1.28 bits per heavy atom. The van der Waals surface area contributed by atoms with Crippen molar-refractivity contribution in [2.24, 2.45) is 0 Å². The van der Waals surface area contributed by atoms with Gasteiger partial charge in [0.2, 0.25) is 5.91 Å². The van der Waals surface area contributed by atoms with Crippen molar-refractivity contribution in [2.45, 2.75) is 0 Å². The lowest BCUT2D eigenvalue weighted by Gasteiger charge is -2.21. The molecule has 0 aliphatic carbocycles. The van der Waals surface area contributed by atoms with E-state index in [0.717, 1.165) is 0 Å². The molecular weight excluding hydrogens is 240 g/mol. The molecule has 0 heterocycles. The average Bonchev–Trinajstić information content (AvgIpc) is 2.32. The molecule has 1 rings (SSSR count). The molecule has 6 heteroatoms. The topological polar surface area (TPSA) is 47.3 Å². The van der Waals surface area contributed by atoms with Gasteiger partial charge in [-0.3, -0.25) is 4.79 Å². The van der Waals surface area contributed by atoms with Gasteiger partial charge in [0.05, 0.1) is 17.8 Å². The molecule has 18 heavy (non-hydrogen) atoms. The van der Waals surface area contributed by atoms with Crippen molar-refractivity contribution >= 4 is 11.6 Å². The third kappa shape index (κ3) is 2.74. The van der Waals surface area contributed by atoms with Crippen LogP contribution in [0.5, 0.6) is 0 Å². The Morgan fingerprint density at radius 2 is 1.89 bits per heavy atom. The molecule has 1 amide bonds. The van der Waals surface area contributed by atoms with E-state index in [1.807, 2.05) is 0 Å². The average molecular weight is 253 g/mol. The van der Waals surface area contributed by atoms with Crippen LogP contribution in [0.15, 0.2) is 12.1 Å². The maximum Gasteiger partial charge on any atom is 0.241 e. The van der Waals surface area contributed by atoms with Crippen molar-refractivity contribution in [3.63, 3.8) is 0 Å². The number of nitrogens with zero attached hydrogens (tertiary/aromatic N) is 3. The van der Waals surface area contributed by atoms with Crippen LogP contribution in [0.4, 0.5) is 14.5 Å². The highest BCUT2D eigenvalue weighted by Gasteiger charge is 2.18. The van der Waals surface area contributed by atoms with E-state index < -0.39 is 11.6 Å². The van der Waals surface area contributed by atoms with Crippen LogP contribution in [0.25, 0.3) is 0 Å². The molecule has 0 atom stereocenters. The number of amides is 1. The quantitative estimate of drug-likeness (QED) is 0.817. The SMILES string of the molecule is CN(C)C(=O)CN(C)c1ccc(C#N)c(F)c1F. The van der Waals surface area contributed by atoms with E-state index in [0.29, 0.717) is 0 Å². The largest absolute Gasteiger partial charge is 0.363 e. The number of anilines is 1. The summed E-state index contributed by atoms with van der Waals surface area (Å²) >= 11 is 0. The van der Waals surface area contributed by atoms with Gasteiger partial charge in [0.15, 0.2) is 11.6 Å². The number of hydrogen-bond donors (Lipinski definition) is 0. The van der Waals surface area contributed by atoms with Gasteiger partial charge in [-0.1, -0.05) is 0 Å². The Labute approximate surface area is 104 Å². The lowest BCUT2D eigenvalue weighted by molar-refractivity contribution is -0.127. The van der Waals surface area contributed by atoms with Gasteiger partial charge in [0, 0.05) is 21.1 Å². The van der Waals surface area contributed by atoms with E-state index in [2.05, 4.69) is 0 Å². The van der Waals surface area contributed by atoms with Crippen LogP contribution < -0.4 is 4.90 Å². The zero-order valence-electron chi connectivity index (χ0n) is 10.4. The van der Waals surface area contributed by atoms with Crippen LogP contribution in [0.2, 0.25) is 0 Å². The molecule has 0 N–H and O–H groups in total. The summed E-state index contributed by atoms with van der Waals surface area (Å²) in [5, 5.41) is 8.56. The van der Waals surface area contributed by atoms with Crippen molar-refractivity contribution in [3.8, 4) is 6.07 Å². The lowest BCUT2D eigenvalue weighted by atomic mass is 10.2. The second-order valence-electron chi connectivity index (χ2n) is 4.02. The highest BCUT2D eigenvalue weighted by atomic mass is 19.2. The van der Waals surface area contributed by atoms with Crippen molar-refractivity contribution in [1.29, 1.82) is 5.26 Å². The minimum Gasteiger partial charge on any atom is -0.363 e. The maximum atomic E-state index is 13.7. The summed E-state index contributed by atoms with van der Waals surface area (Å²) in [4.78, 5) is 14.1. The molecule has 0 radical (unpaired) electrons. The summed E-state index contributed by atoms with van der Waals surface area (Å²) in [6.45, 7) is -0.0741. The van der Waals surface area contributed by atoms with Gasteiger partial charge in [-0.05, 0) is 12.1 Å². The van der Waals surface area contributed by atoms with Gasteiger partial charge >= 0.3 is 0 Å². The predicted octanol–water partition coefficient (Wildman–Crippen LogP) is 1.36. The van der Waals surface area contributed by atoms with Crippen LogP contribution in [-0.4, -0.2) is 38.5 Å². The fourth-order valence-electron chi connectivity index (χ4n) is 1.35. The molecule has 96 valence electrons. The van der Waals surface area contributed by atoms with E-state index in [9.17, 15) is 13.6 Å². The normalized spacial score (nSPS) is 9.78. The number of carbonyl (C=O) groups excluding carboxylic acids is 1. The second kappa shape index (κ2) is 5.45. The first-order valence-electron chi connectivity index (χ1n) is 5.18. The summed E-state index contributed by atoms with van der Waals surface area (Å²) in [5.41, 5.74) is -0.412. The molecule has 1 aromatic carbocycles. The van der Waals surface area contributed by atoms with Crippen molar-refractivity contribution < 1.29 is 13.6 Å². The second-order valence-corrected chi connectivity index (χ2v) is 4.02. The number of nitriles is 1. The van der Waals surface area contributed by atoms with Gasteiger partial charge in [-0.25, -0.2) is 8.78 Å². The lowest BCUT2D eigenvalue weighted by Crippen LogP contribution is -2.34. The Hall–Kier alpha value is -2.16. The molecule has 0 aromatic heterocycles. The third-order valence-corrected chi connectivity index (χ3v) is 2.46. The Balaban J connectivity index is 3.01. The van der Waals surface area contributed by atoms with E-state index in [4.69, 9.17) is 5.26 Å². The smallest absolute Gasteiger partial charge is 0.241 e. The van der Waals surface area contributed by atoms with E-state index >= 15 is 0 Å². The summed E-state index contributed by atoms with van der Waals surface area (Å²) in [5.74, 6) is -2.55. The Bertz CT molecular complexity index is 509. The van der Waals surface area contributed by atoms with Gasteiger partial charge in [0.25, 0.3) is 0 Å². The molecule has 0 fully saturated rings. The number of likely N-dealkylation sites (N-methyl/N-ethyl adjacent to an activating group) is 2. The molecule has 1 aromatic rings. The number of halogens is 2. The van der Waals surface area contributed by atoms with E-state index in [1.54, 1.807) is 20.2 Å². The highest BCUT2D eigenvalue weighted by Crippen LogP contribution is 2.22. The minimum absolute atomic E-state index is 0.0540. The molecule has 0 spiro atoms. The number of rotatable bonds is 3. The molecule has 0 aliphatic rings. The fourth-order valence-corrected chi connectivity index (χ4v) is 1.35. The standard InChI is InChI=1S/C12H13F2N3O/c1-16(2)10(18)7-17(3)9-5-4-8(6-15)11(13)12(9)14/h4-5H,7H2,1-3H3. The van der Waals surface area contributed by atoms with Crippen molar-refractivity contribution in [3.05, 3.63) is 29.3 Å². The molecule has 0 saturated carbocycles. The molecule has 0 saturated heterocycles. The summed E-state index contributed by atoms with van der Waals surface area (Å²) in [6, 6.07) is 4.02. The van der Waals surface area contributed by atoms with Crippen LogP contribution >= 0.6 is 0 Å². The molecule has 0 bridgehead atoms. The molecular formula is C12H13F2N3O. The van der Waals surface area contributed by atoms with Crippen LogP contribution in [0.3, 0.4) is 0 Å². The highest BCUT2D eigenvalue weighted by molar-refractivity contribution is 5.81. The molecule has 0 unspecified atom stereocenters. The number of hydrogen-bond acceptors (Lipinski definition) is 3. The zero-order chi connectivity index (χ0) is 13.9. The minimum atomic E-state index is -1.20. The molecule has 4 nitrogen and oxygen atoms in total. The maximum absolute atomic E-state index is 13.7. The summed E-state index contributed by atoms with van der Waals surface area (Å²) in [7, 11) is 4.63.